The Kier molecular flexibility index (Phi) is 46.2. The van der Waals surface area contributed by atoms with Crippen LogP contribution >= 0.6 is 0 Å². The van der Waals surface area contributed by atoms with Gasteiger partial charge >= 0.3 is 58.4 Å². The minimum atomic E-state index is -1.08. The number of carbonyl (C=O) groups is 2. The molecule has 0 atom stereocenters. The maximum atomic E-state index is 9.92. The Morgan fingerprint density at radius 2 is 1.24 bits per heavy atom. The molecule has 7 heteroatoms. The van der Waals surface area contributed by atoms with Crippen LogP contribution in [0.1, 0.15) is 52.4 Å². The zero-order chi connectivity index (χ0) is 11.4. The van der Waals surface area contributed by atoms with Crippen molar-refractivity contribution in [2.24, 2.45) is 0 Å². The van der Waals surface area contributed by atoms with Crippen molar-refractivity contribution in [1.82, 2.24) is 0 Å². The van der Waals surface area contributed by atoms with Gasteiger partial charge in [0.25, 0.3) is 0 Å². The van der Waals surface area contributed by atoms with Crippen LogP contribution < -0.4 is 10.2 Å². The molecule has 0 radical (unpaired) electrons. The van der Waals surface area contributed by atoms with Gasteiger partial charge < -0.3 is 19.8 Å². The summed E-state index contributed by atoms with van der Waals surface area (Å²) in [5, 5.41) is 18.8. The van der Waals surface area contributed by atoms with Crippen molar-refractivity contribution in [3.8, 4) is 0 Å². The summed E-state index contributed by atoms with van der Waals surface area (Å²) in [7, 11) is 0. The van der Waals surface area contributed by atoms with Gasteiger partial charge in [-0.25, -0.2) is 0 Å². The normalized spacial score (nSPS) is 7.18. The van der Waals surface area contributed by atoms with Crippen molar-refractivity contribution in [1.29, 1.82) is 0 Å². The molecule has 0 saturated heterocycles. The molecule has 0 N–H and O–H groups in total. The number of carboxylic acids is 2. The minimum absolute atomic E-state index is 0. The Hall–Kier alpha value is 0.810. The number of aliphatic carboxylic acids is 2. The summed E-state index contributed by atoms with van der Waals surface area (Å²) in [6.45, 7) is 3.11. The third-order valence-corrected chi connectivity index (χ3v) is 1.48. The van der Waals surface area contributed by atoms with E-state index < -0.39 is 11.9 Å². The van der Waals surface area contributed by atoms with Crippen molar-refractivity contribution in [2.75, 3.05) is 0 Å². The maximum Gasteiger partial charge on any atom is 2.00 e. The monoisotopic (exact) mass is 394 g/mol. The van der Waals surface area contributed by atoms with Crippen LogP contribution in [0, 0.1) is 0 Å². The van der Waals surface area contributed by atoms with E-state index in [2.05, 4.69) is 6.92 Å². The van der Waals surface area contributed by atoms with Crippen LogP contribution in [0.4, 0.5) is 0 Å². The molecule has 0 amide bonds. The Balaban J connectivity index is -0.0000000607. The predicted molar refractivity (Wildman–Crippen MR) is 49.1 cm³/mol. The second kappa shape index (κ2) is 25.6. The van der Waals surface area contributed by atoms with E-state index in [1.807, 2.05) is 0 Å². The largest absolute Gasteiger partial charge is 2.00 e. The smallest absolute Gasteiger partial charge is 0.550 e. The van der Waals surface area contributed by atoms with E-state index in [0.717, 1.165) is 26.2 Å². The summed E-state index contributed by atoms with van der Waals surface area (Å²) >= 11 is 0. The van der Waals surface area contributed by atoms with Crippen LogP contribution in [0.15, 0.2) is 0 Å². The first-order valence-corrected chi connectivity index (χ1v) is 4.88. The Bertz CT molecular complexity index is 162. The summed E-state index contributed by atoms with van der Waals surface area (Å²) in [4.78, 5) is 18.8. The summed E-state index contributed by atoms with van der Waals surface area (Å²) < 4.78 is 0. The Labute approximate surface area is 142 Å². The van der Waals surface area contributed by atoms with Gasteiger partial charge in [-0.3, -0.25) is 0 Å². The molecule has 0 bridgehead atoms. The van der Waals surface area contributed by atoms with Crippen LogP contribution in [0.25, 0.3) is 0 Å². The molecule has 0 unspecified atom stereocenters. The van der Waals surface area contributed by atoms with E-state index in [0.29, 0.717) is 0 Å². The van der Waals surface area contributed by atoms with E-state index in [1.165, 1.54) is 12.8 Å². The zero-order valence-electron chi connectivity index (χ0n) is 11.0. The molecule has 0 rings (SSSR count). The molecular formula is C10H18O4Zn3+4. The molecule has 0 spiro atoms. The first-order valence-electron chi connectivity index (χ1n) is 4.88. The molecule has 0 heterocycles. The fraction of sp³-hybridized carbons (Fsp3) is 0.800. The van der Waals surface area contributed by atoms with Crippen molar-refractivity contribution in [3.05, 3.63) is 0 Å². The number of unbranched alkanes of at least 4 members (excludes halogenated alkanes) is 4. The number of hydrogen-bond donors (Lipinski definition) is 0. The minimum Gasteiger partial charge on any atom is -0.550 e. The van der Waals surface area contributed by atoms with Crippen LogP contribution in [0.2, 0.25) is 0 Å². The third kappa shape index (κ3) is 60.4. The van der Waals surface area contributed by atoms with Crippen LogP contribution in [-0.2, 0) is 68.0 Å². The summed E-state index contributed by atoms with van der Waals surface area (Å²) in [5.74, 6) is -2.00. The topological polar surface area (TPSA) is 80.3 Å². The van der Waals surface area contributed by atoms with E-state index in [1.54, 1.807) is 0 Å². The van der Waals surface area contributed by atoms with Gasteiger partial charge in [-0.05, 0) is 19.8 Å². The van der Waals surface area contributed by atoms with Gasteiger partial charge in [0.05, 0.1) is 0 Å². The molecule has 0 aromatic rings. The van der Waals surface area contributed by atoms with Gasteiger partial charge in [0.1, 0.15) is 0 Å². The van der Waals surface area contributed by atoms with Gasteiger partial charge in [0, 0.05) is 11.9 Å². The second-order valence-corrected chi connectivity index (χ2v) is 3.03. The Morgan fingerprint density at radius 3 is 1.53 bits per heavy atom. The molecule has 84 valence electrons. The predicted octanol–water partition coefficient (Wildman–Crippen LogP) is -0.155. The average molecular weight is 398 g/mol. The molecule has 4 nitrogen and oxygen atoms in total. The van der Waals surface area contributed by atoms with Gasteiger partial charge in [-0.1, -0.05) is 32.6 Å². The first kappa shape index (κ1) is 30.7. The number of rotatable bonds is 6. The van der Waals surface area contributed by atoms with E-state index >= 15 is 0 Å². The second-order valence-electron chi connectivity index (χ2n) is 3.03. The SMILES string of the molecule is CC(=O)[O-].CCCCCCCC(=O)[O-].[Zn+2].[Zn+2].[Zn+2]. The fourth-order valence-electron chi connectivity index (χ4n) is 0.873. The summed E-state index contributed by atoms with van der Waals surface area (Å²) in [6.07, 6.45) is 5.61. The third-order valence-electron chi connectivity index (χ3n) is 1.48. The van der Waals surface area contributed by atoms with E-state index in [9.17, 15) is 9.90 Å². The molecule has 0 aromatic heterocycles. The van der Waals surface area contributed by atoms with Crippen molar-refractivity contribution in [2.45, 2.75) is 52.4 Å². The number of carbonyl (C=O) groups excluding carboxylic acids is 2. The van der Waals surface area contributed by atoms with Gasteiger partial charge in [0.2, 0.25) is 0 Å². The van der Waals surface area contributed by atoms with Crippen LogP contribution in [0.3, 0.4) is 0 Å². The quantitative estimate of drug-likeness (QED) is 0.460. The first-order chi connectivity index (χ1) is 6.50. The van der Waals surface area contributed by atoms with Gasteiger partial charge in [-0.15, -0.1) is 0 Å². The molecule has 0 aliphatic heterocycles. The van der Waals surface area contributed by atoms with Crippen molar-refractivity contribution >= 4 is 11.9 Å². The molecule has 0 aromatic carbocycles. The number of hydrogen-bond acceptors (Lipinski definition) is 4. The molecule has 0 saturated carbocycles. The van der Waals surface area contributed by atoms with E-state index in [4.69, 9.17) is 9.90 Å². The molecule has 0 fully saturated rings. The zero-order valence-corrected chi connectivity index (χ0v) is 19.9. The van der Waals surface area contributed by atoms with Crippen LogP contribution in [-0.4, -0.2) is 11.9 Å². The molecule has 0 aliphatic rings. The maximum absolute atomic E-state index is 9.92. The van der Waals surface area contributed by atoms with E-state index in [-0.39, 0.29) is 64.9 Å². The number of carboxylic acid groups (broad SMARTS) is 2. The van der Waals surface area contributed by atoms with Gasteiger partial charge in [-0.2, -0.15) is 0 Å². The Morgan fingerprint density at radius 1 is 0.882 bits per heavy atom. The standard InChI is InChI=1S/C8H16O2.C2H4O2.3Zn/c1-2-3-4-5-6-7-8(9)10;1-2(3)4;;;/h2-7H2,1H3,(H,9,10);1H3,(H,3,4);;;/q;;3*+2/p-2. The summed E-state index contributed by atoms with van der Waals surface area (Å²) in [5.41, 5.74) is 0. The van der Waals surface area contributed by atoms with Crippen molar-refractivity contribution in [3.63, 3.8) is 0 Å². The van der Waals surface area contributed by atoms with Crippen LogP contribution in [0.5, 0.6) is 0 Å². The molecule has 17 heavy (non-hydrogen) atoms. The summed E-state index contributed by atoms with van der Waals surface area (Å²) in [6, 6.07) is 0. The fourth-order valence-corrected chi connectivity index (χ4v) is 0.873. The molecular weight excluding hydrogens is 380 g/mol. The van der Waals surface area contributed by atoms with Crippen molar-refractivity contribution < 1.29 is 78.2 Å². The van der Waals surface area contributed by atoms with Gasteiger partial charge in [0.15, 0.2) is 0 Å². The average Bonchev–Trinajstić information content (AvgIpc) is 2.02. The molecule has 0 aliphatic carbocycles.